The lowest BCUT2D eigenvalue weighted by Gasteiger charge is -2.40. The molecule has 0 saturated carbocycles. The third-order valence-corrected chi connectivity index (χ3v) is 16.8. The molecule has 15 aromatic rings. The average Bonchev–Trinajstić information content (AvgIpc) is 4.43. The van der Waals surface area contributed by atoms with Gasteiger partial charge in [-0.3, -0.25) is 9.97 Å². The molecule has 1 spiro atoms. The molecule has 5 aromatic heterocycles. The van der Waals surface area contributed by atoms with Crippen molar-refractivity contribution < 1.29 is 4.74 Å². The highest BCUT2D eigenvalue weighted by Crippen LogP contribution is 2.63. The van der Waals surface area contributed by atoms with Crippen LogP contribution in [0.25, 0.3) is 121 Å². The molecule has 10 aromatic carbocycles. The second kappa shape index (κ2) is 16.3. The van der Waals surface area contributed by atoms with Gasteiger partial charge in [0.05, 0.1) is 56.5 Å². The van der Waals surface area contributed by atoms with E-state index in [2.05, 4.69) is 231 Å². The van der Waals surface area contributed by atoms with Crippen LogP contribution < -0.4 is 4.74 Å². The minimum absolute atomic E-state index is 0.605. The van der Waals surface area contributed by atoms with Crippen LogP contribution in [-0.4, -0.2) is 23.7 Å². The van der Waals surface area contributed by atoms with E-state index in [4.69, 9.17) is 21.3 Å². The fraction of sp³-hybridized carbons (Fsp3) is 0.0139. The first kappa shape index (κ1) is 43.4. The highest BCUT2D eigenvalue weighted by molar-refractivity contribution is 6.13. The number of ether oxygens (including phenoxy) is 1. The lowest BCUT2D eigenvalue weighted by molar-refractivity contribution is 0.438. The Labute approximate surface area is 453 Å². The van der Waals surface area contributed by atoms with Crippen molar-refractivity contribution in [1.29, 1.82) is 0 Å². The quantitative estimate of drug-likeness (QED) is 0.161. The molecule has 0 radical (unpaired) electrons. The number of nitrogens with zero attached hydrogens (tertiary/aromatic N) is 6. The van der Waals surface area contributed by atoms with Gasteiger partial charge in [0.25, 0.3) is 0 Å². The fourth-order valence-electron chi connectivity index (χ4n) is 13.5. The number of fused-ring (bicyclic) bond motifs is 18. The molecule has 17 rings (SSSR count). The minimum atomic E-state index is -0.814. The summed E-state index contributed by atoms with van der Waals surface area (Å²) in [7, 11) is 0. The Morgan fingerprint density at radius 3 is 1.44 bits per heavy atom. The Balaban J connectivity index is 0.824. The van der Waals surface area contributed by atoms with E-state index < -0.39 is 5.41 Å². The second-order valence-electron chi connectivity index (χ2n) is 20.7. The summed E-state index contributed by atoms with van der Waals surface area (Å²) < 4.78 is 14.4. The monoisotopic (exact) mass is 1010 g/mol. The van der Waals surface area contributed by atoms with Crippen molar-refractivity contribution in [3.63, 3.8) is 0 Å². The first-order valence-corrected chi connectivity index (χ1v) is 26.7. The van der Waals surface area contributed by atoms with Crippen molar-refractivity contribution in [2.45, 2.75) is 5.41 Å². The van der Waals surface area contributed by atoms with Gasteiger partial charge in [0.1, 0.15) is 11.5 Å². The van der Waals surface area contributed by atoms with Crippen LogP contribution in [0.15, 0.2) is 255 Å². The molecular weight excluding hydrogens is 965 g/mol. The Kier molecular flexibility index (Phi) is 8.99. The van der Waals surface area contributed by atoms with Crippen molar-refractivity contribution in [3.8, 4) is 62.2 Å². The second-order valence-corrected chi connectivity index (χ2v) is 20.7. The molecule has 0 unspecified atom stereocenters. The number of hydrogen-bond donors (Lipinski definition) is 0. The maximum Gasteiger partial charge on any atom is 0.188 e. The van der Waals surface area contributed by atoms with Gasteiger partial charge in [-0.05, 0) is 148 Å². The van der Waals surface area contributed by atoms with E-state index in [1.165, 1.54) is 32.6 Å². The van der Waals surface area contributed by atoms with Crippen molar-refractivity contribution >= 4 is 71.1 Å². The van der Waals surface area contributed by atoms with Crippen LogP contribution in [0.3, 0.4) is 0 Å². The van der Waals surface area contributed by atoms with Gasteiger partial charge in [0.2, 0.25) is 0 Å². The molecule has 79 heavy (non-hydrogen) atoms. The third-order valence-electron chi connectivity index (χ3n) is 16.8. The first-order chi connectivity index (χ1) is 39.1. The summed E-state index contributed by atoms with van der Waals surface area (Å²) in [5, 5.41) is 6.96. The van der Waals surface area contributed by atoms with Gasteiger partial charge in [-0.2, -0.15) is 0 Å². The zero-order valence-corrected chi connectivity index (χ0v) is 42.3. The topological polar surface area (TPSA) is 54.2 Å². The van der Waals surface area contributed by atoms with Crippen LogP contribution in [0.5, 0.6) is 11.5 Å². The van der Waals surface area contributed by atoms with Gasteiger partial charge in [0, 0.05) is 73.1 Å². The van der Waals surface area contributed by atoms with Gasteiger partial charge in [-0.25, -0.2) is 4.85 Å². The largest absolute Gasteiger partial charge is 0.456 e. The Morgan fingerprint density at radius 2 is 0.823 bits per heavy atom. The third kappa shape index (κ3) is 6.00. The van der Waals surface area contributed by atoms with E-state index in [-0.39, 0.29) is 0 Å². The predicted molar refractivity (Wildman–Crippen MR) is 320 cm³/mol. The number of rotatable bonds is 5. The van der Waals surface area contributed by atoms with Crippen LogP contribution in [0.2, 0.25) is 0 Å². The van der Waals surface area contributed by atoms with Gasteiger partial charge >= 0.3 is 0 Å². The molecule has 0 atom stereocenters. The summed E-state index contributed by atoms with van der Waals surface area (Å²) in [5.41, 5.74) is 20.0. The van der Waals surface area contributed by atoms with Gasteiger partial charge in [0.15, 0.2) is 5.69 Å². The number of para-hydroxylation sites is 5. The fourth-order valence-corrected chi connectivity index (χ4v) is 13.5. The highest BCUT2D eigenvalue weighted by atomic mass is 16.5. The smallest absolute Gasteiger partial charge is 0.188 e. The Bertz CT molecular complexity index is 5030. The molecule has 1 aliphatic heterocycles. The van der Waals surface area contributed by atoms with Crippen LogP contribution >= 0.6 is 0 Å². The van der Waals surface area contributed by atoms with E-state index in [1.807, 2.05) is 42.7 Å². The molecule has 0 bridgehead atoms. The van der Waals surface area contributed by atoms with Crippen molar-refractivity contribution in [2.24, 2.45) is 0 Å². The van der Waals surface area contributed by atoms with Crippen molar-refractivity contribution in [2.75, 3.05) is 0 Å². The summed E-state index contributed by atoms with van der Waals surface area (Å²) in [4.78, 5) is 14.0. The first-order valence-electron chi connectivity index (χ1n) is 26.7. The molecule has 0 fully saturated rings. The molecule has 366 valence electrons. The SMILES string of the molecule is [C-]#[N+]c1ccc2c(c1)c1cc(-c3cccc4c3Oc3ccc(-c5ccc6c(c5)c5ccccc5n6-c5ccc(-n6c7ccccc7c7ccccc76)cc5)cc3C43c4cccnc4-c4ncccc43)ccc1n2-c1ccccc1. The van der Waals surface area contributed by atoms with E-state index >= 15 is 0 Å². The van der Waals surface area contributed by atoms with Gasteiger partial charge in [-0.15, -0.1) is 0 Å². The van der Waals surface area contributed by atoms with Crippen LogP contribution in [0.1, 0.15) is 22.3 Å². The lowest BCUT2D eigenvalue weighted by Crippen LogP contribution is -2.32. The van der Waals surface area contributed by atoms with Crippen molar-refractivity contribution in [1.82, 2.24) is 23.7 Å². The van der Waals surface area contributed by atoms with Gasteiger partial charge < -0.3 is 18.4 Å². The minimum Gasteiger partial charge on any atom is -0.456 e. The molecule has 1 aliphatic carbocycles. The standard InChI is InChI=1S/C72H42N6O/c1-73-47-29-36-67-57(43-47)56-41-46(27-35-66(56)76(67)48-14-3-2-4-15-48)51-19-11-20-60-71(51)79-68-37-28-45(42-61(68)72(60)58-21-12-38-74-69(58)70-59(72)22-13-39-75-70)44-26-34-65-55(40-44)54-18-7-10-25-64(54)78(65)50-32-30-49(31-33-50)77-62-23-8-5-16-52(62)53-17-6-9-24-63(53)77/h2-43H. The highest BCUT2D eigenvalue weighted by Gasteiger charge is 2.53. The van der Waals surface area contributed by atoms with E-state index in [0.717, 1.165) is 117 Å². The van der Waals surface area contributed by atoms with Gasteiger partial charge in [-0.1, -0.05) is 127 Å². The summed E-state index contributed by atoms with van der Waals surface area (Å²) in [6.45, 7) is 7.92. The van der Waals surface area contributed by atoms with E-state index in [0.29, 0.717) is 5.69 Å². The van der Waals surface area contributed by atoms with Crippen LogP contribution in [-0.2, 0) is 5.41 Å². The molecule has 7 heteroatoms. The molecule has 0 N–H and O–H groups in total. The summed E-state index contributed by atoms with van der Waals surface area (Å²) in [6, 6.07) is 86.9. The maximum atomic E-state index is 7.92. The molecule has 6 heterocycles. The lowest BCUT2D eigenvalue weighted by atomic mass is 9.65. The molecule has 7 nitrogen and oxygen atoms in total. The Morgan fingerprint density at radius 1 is 0.354 bits per heavy atom. The molecule has 0 amide bonds. The maximum absolute atomic E-state index is 7.92. The number of hydrogen-bond acceptors (Lipinski definition) is 3. The zero-order valence-electron chi connectivity index (χ0n) is 42.3. The van der Waals surface area contributed by atoms with Crippen molar-refractivity contribution in [3.05, 3.63) is 289 Å². The van der Waals surface area contributed by atoms with E-state index in [9.17, 15) is 0 Å². The number of aromatic nitrogens is 5. The summed E-state index contributed by atoms with van der Waals surface area (Å²) >= 11 is 0. The molecule has 0 saturated heterocycles. The zero-order chi connectivity index (χ0) is 51.9. The summed E-state index contributed by atoms with van der Waals surface area (Å²) in [5.74, 6) is 1.57. The van der Waals surface area contributed by atoms with Crippen LogP contribution in [0, 0.1) is 6.57 Å². The summed E-state index contributed by atoms with van der Waals surface area (Å²) in [6.07, 6.45) is 3.74. The molecule has 2 aliphatic rings. The number of pyridine rings is 2. The average molecular weight is 1010 g/mol. The molecular formula is C72H42N6O. The predicted octanol–water partition coefficient (Wildman–Crippen LogP) is 18.1. The Hall–Kier alpha value is -10.8. The van der Waals surface area contributed by atoms with E-state index in [1.54, 1.807) is 0 Å². The van der Waals surface area contributed by atoms with Crippen LogP contribution in [0.4, 0.5) is 5.69 Å². The number of benzene rings is 10. The normalized spacial score (nSPS) is 13.0.